The third kappa shape index (κ3) is 7.06. The lowest BCUT2D eigenvalue weighted by atomic mass is 10.1. The van der Waals surface area contributed by atoms with Crippen molar-refractivity contribution in [3.63, 3.8) is 0 Å². The molecule has 156 valence electrons. The lowest BCUT2D eigenvalue weighted by Gasteiger charge is -2.30. The summed E-state index contributed by atoms with van der Waals surface area (Å²) < 4.78 is 0. The zero-order chi connectivity index (χ0) is 21.4. The quantitative estimate of drug-likeness (QED) is 0.609. The van der Waals surface area contributed by atoms with Gasteiger partial charge in [0.25, 0.3) is 0 Å². The van der Waals surface area contributed by atoms with E-state index in [1.165, 1.54) is 0 Å². The van der Waals surface area contributed by atoms with Crippen molar-refractivity contribution in [3.05, 3.63) is 69.7 Å². The van der Waals surface area contributed by atoms with E-state index >= 15 is 0 Å². The number of carbonyl (C=O) groups is 2. The van der Waals surface area contributed by atoms with Gasteiger partial charge in [-0.05, 0) is 49.9 Å². The van der Waals surface area contributed by atoms with Crippen LogP contribution in [0.2, 0.25) is 10.0 Å². The average molecular weight is 435 g/mol. The van der Waals surface area contributed by atoms with Crippen LogP contribution in [0.25, 0.3) is 0 Å². The predicted octanol–water partition coefficient (Wildman–Crippen LogP) is 4.91. The fraction of sp³-hybridized carbons (Fsp3) is 0.391. The van der Waals surface area contributed by atoms with Crippen LogP contribution in [0.1, 0.15) is 38.3 Å². The highest BCUT2D eigenvalue weighted by molar-refractivity contribution is 6.35. The zero-order valence-corrected chi connectivity index (χ0v) is 18.6. The smallest absolute Gasteiger partial charge is 0.242 e. The van der Waals surface area contributed by atoms with Crippen LogP contribution < -0.4 is 5.32 Å². The van der Waals surface area contributed by atoms with Gasteiger partial charge in [-0.1, -0.05) is 66.5 Å². The van der Waals surface area contributed by atoms with Crippen LogP contribution in [0.5, 0.6) is 0 Å². The van der Waals surface area contributed by atoms with E-state index in [0.29, 0.717) is 28.6 Å². The number of nitrogens with one attached hydrogen (secondary N) is 1. The highest BCUT2D eigenvalue weighted by Gasteiger charge is 2.26. The summed E-state index contributed by atoms with van der Waals surface area (Å²) in [5.41, 5.74) is 1.81. The summed E-state index contributed by atoms with van der Waals surface area (Å²) in [5.74, 6) is -0.292. The largest absolute Gasteiger partial charge is 0.352 e. The molecule has 2 rings (SSSR count). The average Bonchev–Trinajstić information content (AvgIpc) is 2.70. The Balaban J connectivity index is 2.17. The van der Waals surface area contributed by atoms with Crippen molar-refractivity contribution in [1.82, 2.24) is 10.2 Å². The molecule has 2 atom stereocenters. The predicted molar refractivity (Wildman–Crippen MR) is 119 cm³/mol. The van der Waals surface area contributed by atoms with E-state index in [1.54, 1.807) is 30.0 Å². The second-order valence-electron chi connectivity index (χ2n) is 7.23. The van der Waals surface area contributed by atoms with Crippen LogP contribution in [0.15, 0.2) is 48.5 Å². The number of nitrogens with zero attached hydrogens (tertiary/aromatic N) is 1. The topological polar surface area (TPSA) is 49.4 Å². The molecule has 0 saturated carbocycles. The third-order valence-electron chi connectivity index (χ3n) is 5.01. The molecule has 0 unspecified atom stereocenters. The minimum atomic E-state index is -0.578. The van der Waals surface area contributed by atoms with Crippen molar-refractivity contribution in [3.8, 4) is 0 Å². The highest BCUT2D eigenvalue weighted by atomic mass is 35.5. The Bertz CT molecular complexity index is 827. The van der Waals surface area contributed by atoms with Gasteiger partial charge in [0.05, 0.1) is 6.42 Å². The maximum absolute atomic E-state index is 13.1. The van der Waals surface area contributed by atoms with Crippen molar-refractivity contribution in [2.45, 2.75) is 52.1 Å². The number of benzene rings is 2. The molecule has 0 fully saturated rings. The van der Waals surface area contributed by atoms with Gasteiger partial charge in [0.15, 0.2) is 0 Å². The van der Waals surface area contributed by atoms with Gasteiger partial charge in [0.1, 0.15) is 6.04 Å². The Morgan fingerprint density at radius 2 is 1.76 bits per heavy atom. The maximum atomic E-state index is 13.1. The lowest BCUT2D eigenvalue weighted by molar-refractivity contribution is -0.139. The fourth-order valence-electron chi connectivity index (χ4n) is 2.97. The van der Waals surface area contributed by atoms with Crippen LogP contribution in [-0.4, -0.2) is 35.3 Å². The van der Waals surface area contributed by atoms with E-state index < -0.39 is 6.04 Å². The second kappa shape index (κ2) is 11.2. The second-order valence-corrected chi connectivity index (χ2v) is 8.07. The third-order valence-corrected chi connectivity index (χ3v) is 5.60. The van der Waals surface area contributed by atoms with Crippen molar-refractivity contribution in [2.75, 3.05) is 6.54 Å². The first-order chi connectivity index (χ1) is 13.8. The van der Waals surface area contributed by atoms with Crippen molar-refractivity contribution in [1.29, 1.82) is 0 Å². The van der Waals surface area contributed by atoms with Crippen molar-refractivity contribution >= 4 is 35.0 Å². The summed E-state index contributed by atoms with van der Waals surface area (Å²) in [4.78, 5) is 27.4. The van der Waals surface area contributed by atoms with Gasteiger partial charge in [-0.2, -0.15) is 0 Å². The standard InChI is InChI=1S/C23H28Cl2N2O2/c1-4-16(2)26-23(29)17(3)27(13-12-18-8-6-5-7-9-18)22(28)14-19-10-11-20(24)15-21(19)25/h5-11,15-17H,4,12-14H2,1-3H3,(H,26,29)/t16-,17-/m0/s1. The minimum absolute atomic E-state index is 0.0572. The van der Waals surface area contributed by atoms with Gasteiger partial charge < -0.3 is 10.2 Å². The molecule has 6 heteroatoms. The van der Waals surface area contributed by atoms with Gasteiger partial charge in [0.2, 0.25) is 11.8 Å². The van der Waals surface area contributed by atoms with E-state index in [4.69, 9.17) is 23.2 Å². The van der Waals surface area contributed by atoms with Crippen molar-refractivity contribution < 1.29 is 9.59 Å². The van der Waals surface area contributed by atoms with E-state index in [1.807, 2.05) is 44.2 Å². The molecule has 2 amide bonds. The number of hydrogen-bond acceptors (Lipinski definition) is 2. The lowest BCUT2D eigenvalue weighted by Crippen LogP contribution is -2.50. The molecule has 0 heterocycles. The van der Waals surface area contributed by atoms with Gasteiger partial charge in [0, 0.05) is 22.6 Å². The summed E-state index contributed by atoms with van der Waals surface area (Å²) in [5, 5.41) is 3.94. The Morgan fingerprint density at radius 3 is 2.38 bits per heavy atom. The first-order valence-electron chi connectivity index (χ1n) is 9.89. The van der Waals surface area contributed by atoms with E-state index in [9.17, 15) is 9.59 Å². The summed E-state index contributed by atoms with van der Waals surface area (Å²) in [7, 11) is 0. The molecule has 2 aromatic rings. The van der Waals surface area contributed by atoms with Gasteiger partial charge in [-0.15, -0.1) is 0 Å². The molecule has 0 aliphatic rings. The summed E-state index contributed by atoms with van der Waals surface area (Å²) >= 11 is 12.2. The Hall–Kier alpha value is -2.04. The molecule has 0 aliphatic carbocycles. The number of halogens is 2. The van der Waals surface area contributed by atoms with Gasteiger partial charge >= 0.3 is 0 Å². The molecule has 1 N–H and O–H groups in total. The number of hydrogen-bond donors (Lipinski definition) is 1. The van der Waals surface area contributed by atoms with E-state index in [2.05, 4.69) is 5.32 Å². The van der Waals surface area contributed by atoms with Gasteiger partial charge in [-0.3, -0.25) is 9.59 Å². The molecule has 0 spiro atoms. The fourth-order valence-corrected chi connectivity index (χ4v) is 3.44. The van der Waals surface area contributed by atoms with Crippen LogP contribution >= 0.6 is 23.2 Å². The SMILES string of the molecule is CC[C@H](C)NC(=O)[C@H](C)N(CCc1ccccc1)C(=O)Cc1ccc(Cl)cc1Cl. The first-order valence-corrected chi connectivity index (χ1v) is 10.6. The molecule has 0 aromatic heterocycles. The van der Waals surface area contributed by atoms with Crippen LogP contribution in [-0.2, 0) is 22.4 Å². The van der Waals surface area contributed by atoms with E-state index in [-0.39, 0.29) is 24.3 Å². The monoisotopic (exact) mass is 434 g/mol. The highest BCUT2D eigenvalue weighted by Crippen LogP contribution is 2.22. The molecule has 0 aliphatic heterocycles. The summed E-state index contributed by atoms with van der Waals surface area (Å²) in [6, 6.07) is 14.5. The number of carbonyl (C=O) groups excluding carboxylic acids is 2. The molecular formula is C23H28Cl2N2O2. The molecular weight excluding hydrogens is 407 g/mol. The minimum Gasteiger partial charge on any atom is -0.352 e. The van der Waals surface area contributed by atoms with E-state index in [0.717, 1.165) is 12.0 Å². The Morgan fingerprint density at radius 1 is 1.07 bits per heavy atom. The molecule has 0 radical (unpaired) electrons. The van der Waals surface area contributed by atoms with Crippen molar-refractivity contribution in [2.24, 2.45) is 0 Å². The maximum Gasteiger partial charge on any atom is 0.242 e. The number of rotatable bonds is 9. The Labute approximate surface area is 183 Å². The molecule has 0 saturated heterocycles. The molecule has 2 aromatic carbocycles. The molecule has 0 bridgehead atoms. The van der Waals surface area contributed by atoms with Crippen LogP contribution in [0.3, 0.4) is 0 Å². The summed E-state index contributed by atoms with van der Waals surface area (Å²) in [6.07, 6.45) is 1.62. The normalized spacial score (nSPS) is 12.9. The Kier molecular flexibility index (Phi) is 8.99. The zero-order valence-electron chi connectivity index (χ0n) is 17.1. The van der Waals surface area contributed by atoms with Gasteiger partial charge in [-0.25, -0.2) is 0 Å². The summed E-state index contributed by atoms with van der Waals surface area (Å²) in [6.45, 7) is 6.18. The first kappa shape index (κ1) is 23.2. The van der Waals surface area contributed by atoms with Crippen LogP contribution in [0.4, 0.5) is 0 Å². The molecule has 4 nitrogen and oxygen atoms in total. The number of amides is 2. The molecule has 29 heavy (non-hydrogen) atoms. The van der Waals surface area contributed by atoms with Crippen LogP contribution in [0, 0.1) is 0 Å².